The molecule has 3 aromatic rings. The van der Waals surface area contributed by atoms with E-state index in [1.165, 1.54) is 33.1 Å². The Morgan fingerprint density at radius 2 is 1.61 bits per heavy atom. The number of nitrogens with zero attached hydrogens (tertiary/aromatic N) is 1. The highest BCUT2D eigenvalue weighted by atomic mass is 31.1. The third-order valence-corrected chi connectivity index (χ3v) is 7.79. The fraction of sp³-hybridized carbons (Fsp3) is 0.357. The fourth-order valence-corrected chi connectivity index (χ4v) is 5.64. The first kappa shape index (κ1) is 23.5. The van der Waals surface area contributed by atoms with Crippen molar-refractivity contribution in [2.45, 2.75) is 52.4 Å². The molecule has 0 aliphatic carbocycles. The average Bonchev–Trinajstić information content (AvgIpc) is 2.74. The number of hydrogen-bond acceptors (Lipinski definition) is 2. The van der Waals surface area contributed by atoms with Gasteiger partial charge in [-0.15, -0.1) is 0 Å². The Kier molecular flexibility index (Phi) is 7.92. The lowest BCUT2D eigenvalue weighted by Gasteiger charge is -2.33. The maximum Gasteiger partial charge on any atom is 0.126 e. The first-order valence-electron chi connectivity index (χ1n) is 11.1. The van der Waals surface area contributed by atoms with Gasteiger partial charge in [0.15, 0.2) is 0 Å². The second-order valence-corrected chi connectivity index (χ2v) is 10.8. The van der Waals surface area contributed by atoms with Gasteiger partial charge in [-0.2, -0.15) is 0 Å². The minimum absolute atomic E-state index is 0.0191. The van der Waals surface area contributed by atoms with E-state index in [1.807, 2.05) is 6.07 Å². The van der Waals surface area contributed by atoms with Crippen molar-refractivity contribution in [3.63, 3.8) is 0 Å². The average molecular weight is 434 g/mol. The van der Waals surface area contributed by atoms with Crippen LogP contribution in [-0.4, -0.2) is 19.0 Å². The molecule has 0 bridgehead atoms. The van der Waals surface area contributed by atoms with Crippen LogP contribution in [0.1, 0.15) is 48.1 Å². The molecular formula is C28H36NOP. The van der Waals surface area contributed by atoms with E-state index < -0.39 is 0 Å². The summed E-state index contributed by atoms with van der Waals surface area (Å²) in [7, 11) is 4.95. The Bertz CT molecular complexity index is 999. The molecule has 0 aliphatic heterocycles. The van der Waals surface area contributed by atoms with Crippen molar-refractivity contribution in [1.29, 1.82) is 0 Å². The first-order chi connectivity index (χ1) is 14.8. The molecule has 3 heteroatoms. The number of aryl methyl sites for hydroxylation is 2. The van der Waals surface area contributed by atoms with Gasteiger partial charge in [-0.25, -0.2) is 0 Å². The predicted octanol–water partition coefficient (Wildman–Crippen LogP) is 6.57. The van der Waals surface area contributed by atoms with Gasteiger partial charge in [-0.3, -0.25) is 0 Å². The van der Waals surface area contributed by atoms with Gasteiger partial charge in [-0.1, -0.05) is 94.7 Å². The SMILES string of the molecule is CCC(C)(Pc1ccccc1CN(C)C)c1cc(C)cc(C)c1OCc1ccccc1. The minimum Gasteiger partial charge on any atom is -0.488 e. The summed E-state index contributed by atoms with van der Waals surface area (Å²) in [5.74, 6) is 1.05. The van der Waals surface area contributed by atoms with Crippen LogP contribution in [0.3, 0.4) is 0 Å². The maximum absolute atomic E-state index is 6.49. The van der Waals surface area contributed by atoms with Crippen molar-refractivity contribution in [3.05, 3.63) is 94.5 Å². The van der Waals surface area contributed by atoms with Gasteiger partial charge in [0, 0.05) is 17.3 Å². The lowest BCUT2D eigenvalue weighted by atomic mass is 9.92. The lowest BCUT2D eigenvalue weighted by molar-refractivity contribution is 0.297. The van der Waals surface area contributed by atoms with Crippen LogP contribution >= 0.6 is 8.58 Å². The molecule has 0 amide bonds. The molecule has 2 nitrogen and oxygen atoms in total. The van der Waals surface area contributed by atoms with E-state index in [9.17, 15) is 0 Å². The molecule has 0 fully saturated rings. The summed E-state index contributed by atoms with van der Waals surface area (Å²) >= 11 is 0. The molecule has 31 heavy (non-hydrogen) atoms. The van der Waals surface area contributed by atoms with E-state index in [-0.39, 0.29) is 5.16 Å². The molecule has 0 radical (unpaired) electrons. The van der Waals surface area contributed by atoms with Crippen LogP contribution in [0.5, 0.6) is 5.75 Å². The Labute approximate surface area is 190 Å². The minimum atomic E-state index is 0.0191. The van der Waals surface area contributed by atoms with Crippen LogP contribution in [0.15, 0.2) is 66.7 Å². The molecule has 3 rings (SSSR count). The highest BCUT2D eigenvalue weighted by Crippen LogP contribution is 2.49. The van der Waals surface area contributed by atoms with Crippen molar-refractivity contribution < 1.29 is 4.74 Å². The number of ether oxygens (including phenoxy) is 1. The molecule has 0 aromatic heterocycles. The summed E-state index contributed by atoms with van der Waals surface area (Å²) in [6.45, 7) is 10.6. The number of benzene rings is 3. The van der Waals surface area contributed by atoms with Crippen LogP contribution in [-0.2, 0) is 18.3 Å². The van der Waals surface area contributed by atoms with Gasteiger partial charge in [0.1, 0.15) is 12.4 Å². The Hall–Kier alpha value is -2.15. The summed E-state index contributed by atoms with van der Waals surface area (Å²) in [5, 5.41) is 1.47. The molecule has 164 valence electrons. The molecule has 3 aromatic carbocycles. The van der Waals surface area contributed by atoms with E-state index in [4.69, 9.17) is 4.74 Å². The zero-order valence-electron chi connectivity index (χ0n) is 19.8. The Balaban J connectivity index is 1.98. The molecular weight excluding hydrogens is 397 g/mol. The van der Waals surface area contributed by atoms with Crippen molar-refractivity contribution >= 4 is 13.9 Å². The zero-order valence-corrected chi connectivity index (χ0v) is 20.8. The second kappa shape index (κ2) is 10.4. The van der Waals surface area contributed by atoms with Crippen LogP contribution in [0.25, 0.3) is 0 Å². The number of rotatable bonds is 9. The van der Waals surface area contributed by atoms with Gasteiger partial charge in [0.2, 0.25) is 0 Å². The monoisotopic (exact) mass is 433 g/mol. The van der Waals surface area contributed by atoms with Gasteiger partial charge < -0.3 is 9.64 Å². The van der Waals surface area contributed by atoms with Gasteiger partial charge in [0.05, 0.1) is 0 Å². The van der Waals surface area contributed by atoms with Crippen LogP contribution in [0.4, 0.5) is 0 Å². The van der Waals surface area contributed by atoms with E-state index in [0.717, 1.165) is 18.7 Å². The summed E-state index contributed by atoms with van der Waals surface area (Å²) in [6, 6.07) is 23.9. The quantitative estimate of drug-likeness (QED) is 0.354. The molecule has 2 unspecified atom stereocenters. The Morgan fingerprint density at radius 3 is 2.29 bits per heavy atom. The molecule has 0 aliphatic rings. The van der Waals surface area contributed by atoms with Crippen LogP contribution in [0.2, 0.25) is 0 Å². The van der Waals surface area contributed by atoms with Crippen molar-refractivity contribution in [3.8, 4) is 5.75 Å². The smallest absolute Gasteiger partial charge is 0.126 e. The fourth-order valence-electron chi connectivity index (χ4n) is 4.05. The largest absolute Gasteiger partial charge is 0.488 e. The van der Waals surface area contributed by atoms with E-state index in [1.54, 1.807) is 0 Å². The highest BCUT2D eigenvalue weighted by molar-refractivity contribution is 7.48. The maximum atomic E-state index is 6.49. The number of hydrogen-bond donors (Lipinski definition) is 0. The van der Waals surface area contributed by atoms with Crippen molar-refractivity contribution in [2.24, 2.45) is 0 Å². The third kappa shape index (κ3) is 5.97. The second-order valence-electron chi connectivity index (χ2n) is 8.94. The Morgan fingerprint density at radius 1 is 0.935 bits per heavy atom. The topological polar surface area (TPSA) is 12.5 Å². The van der Waals surface area contributed by atoms with Gasteiger partial charge >= 0.3 is 0 Å². The van der Waals surface area contributed by atoms with Crippen molar-refractivity contribution in [2.75, 3.05) is 14.1 Å². The van der Waals surface area contributed by atoms with Gasteiger partial charge in [-0.05, 0) is 56.4 Å². The molecule has 0 heterocycles. The van der Waals surface area contributed by atoms with Crippen molar-refractivity contribution in [1.82, 2.24) is 4.90 Å². The van der Waals surface area contributed by atoms with E-state index in [0.29, 0.717) is 15.2 Å². The van der Waals surface area contributed by atoms with Crippen LogP contribution in [0, 0.1) is 13.8 Å². The summed E-state index contributed by atoms with van der Waals surface area (Å²) in [5.41, 5.74) is 6.47. The lowest BCUT2D eigenvalue weighted by Crippen LogP contribution is -2.23. The molecule has 0 spiro atoms. The standard InChI is InChI=1S/C28H36NOP/c1-7-28(4,31-26-16-12-11-15-24(26)19-29(5)6)25-18-21(2)17-22(3)27(25)30-20-23-13-9-8-10-14-23/h8-18,31H,7,19-20H2,1-6H3. The predicted molar refractivity (Wildman–Crippen MR) is 136 cm³/mol. The summed E-state index contributed by atoms with van der Waals surface area (Å²) in [6.07, 6.45) is 1.06. The molecule has 2 atom stereocenters. The molecule has 0 N–H and O–H groups in total. The molecule has 0 saturated heterocycles. The van der Waals surface area contributed by atoms with E-state index in [2.05, 4.69) is 107 Å². The zero-order chi connectivity index (χ0) is 22.4. The highest BCUT2D eigenvalue weighted by Gasteiger charge is 2.30. The van der Waals surface area contributed by atoms with Gasteiger partial charge in [0.25, 0.3) is 0 Å². The summed E-state index contributed by atoms with van der Waals surface area (Å²) < 4.78 is 6.49. The molecule has 0 saturated carbocycles. The van der Waals surface area contributed by atoms with Crippen LogP contribution < -0.4 is 10.0 Å². The third-order valence-electron chi connectivity index (χ3n) is 5.86. The van der Waals surface area contributed by atoms with E-state index >= 15 is 0 Å². The first-order valence-corrected chi connectivity index (χ1v) is 12.1. The summed E-state index contributed by atoms with van der Waals surface area (Å²) in [4.78, 5) is 2.25. The normalized spacial score (nSPS) is 13.6.